The van der Waals surface area contributed by atoms with E-state index >= 15 is 0 Å². The van der Waals surface area contributed by atoms with Gasteiger partial charge in [-0.1, -0.05) is 0 Å². The predicted molar refractivity (Wildman–Crippen MR) is 147 cm³/mol. The number of benzene rings is 1. The smallest absolute Gasteiger partial charge is 0.255 e. The Morgan fingerprint density at radius 1 is 1.10 bits per heavy atom. The predicted octanol–water partition coefficient (Wildman–Crippen LogP) is 4.12. The second-order valence-corrected chi connectivity index (χ2v) is 12.1. The van der Waals surface area contributed by atoms with E-state index < -0.39 is 5.54 Å². The summed E-state index contributed by atoms with van der Waals surface area (Å²) in [4.78, 5) is 39.6. The van der Waals surface area contributed by atoms with E-state index in [4.69, 9.17) is 9.15 Å². The number of hydrogen-bond donors (Lipinski definition) is 2. The van der Waals surface area contributed by atoms with Crippen molar-refractivity contribution in [1.82, 2.24) is 25.1 Å². The fraction of sp³-hybridized carbons (Fsp3) is 0.400. The van der Waals surface area contributed by atoms with Crippen molar-refractivity contribution in [2.45, 2.75) is 58.0 Å². The minimum atomic E-state index is -0.415. The zero-order valence-corrected chi connectivity index (χ0v) is 23.0. The highest BCUT2D eigenvalue weighted by atomic mass is 16.5. The van der Waals surface area contributed by atoms with E-state index in [2.05, 4.69) is 15.7 Å². The number of carbonyl (C=O) groups excluding carboxylic acids is 3. The molecule has 40 heavy (non-hydrogen) atoms. The number of nitrogens with zero attached hydrogens (tertiary/aromatic N) is 3. The van der Waals surface area contributed by atoms with Crippen LogP contribution in [-0.2, 0) is 4.79 Å². The number of likely N-dealkylation sites (tertiary alicyclic amines) is 1. The van der Waals surface area contributed by atoms with Gasteiger partial charge in [0.05, 0.1) is 22.9 Å². The average Bonchev–Trinajstić information content (AvgIpc) is 3.34. The molecule has 0 radical (unpaired) electrons. The van der Waals surface area contributed by atoms with Crippen LogP contribution < -0.4 is 15.4 Å². The van der Waals surface area contributed by atoms with Crippen LogP contribution in [0.3, 0.4) is 0 Å². The first-order chi connectivity index (χ1) is 19.0. The number of ether oxygens (including phenoxy) is 1. The summed E-state index contributed by atoms with van der Waals surface area (Å²) >= 11 is 0. The lowest BCUT2D eigenvalue weighted by atomic mass is 9.50. The Morgan fingerprint density at radius 3 is 2.52 bits per heavy atom. The van der Waals surface area contributed by atoms with E-state index in [-0.39, 0.29) is 23.3 Å². The monoisotopic (exact) mass is 541 g/mol. The van der Waals surface area contributed by atoms with E-state index in [0.717, 1.165) is 36.1 Å². The van der Waals surface area contributed by atoms with Gasteiger partial charge in [-0.3, -0.25) is 14.4 Å². The highest BCUT2D eigenvalue weighted by molar-refractivity contribution is 6.08. The largest absolute Gasteiger partial charge is 0.460 e. The first kappa shape index (κ1) is 24.7. The maximum atomic E-state index is 13.3. The molecule has 0 unspecified atom stereocenters. The molecule has 1 aliphatic heterocycles. The minimum Gasteiger partial charge on any atom is -0.460 e. The summed E-state index contributed by atoms with van der Waals surface area (Å²) in [6, 6.07) is 7.21. The Kier molecular flexibility index (Phi) is 5.14. The first-order valence-electron chi connectivity index (χ1n) is 13.6. The van der Waals surface area contributed by atoms with Crippen LogP contribution in [0.1, 0.15) is 65.1 Å². The molecule has 206 valence electrons. The van der Waals surface area contributed by atoms with Crippen LogP contribution in [0.25, 0.3) is 16.5 Å². The molecule has 4 aromatic rings. The van der Waals surface area contributed by atoms with Gasteiger partial charge in [-0.25, -0.2) is 4.52 Å². The van der Waals surface area contributed by atoms with Crippen molar-refractivity contribution in [2.24, 2.45) is 5.92 Å². The van der Waals surface area contributed by atoms with E-state index in [1.807, 2.05) is 32.9 Å². The number of furan rings is 1. The lowest BCUT2D eigenvalue weighted by Crippen LogP contribution is -2.69. The Bertz CT molecular complexity index is 1730. The molecule has 1 saturated heterocycles. The molecule has 3 aromatic heterocycles. The lowest BCUT2D eigenvalue weighted by molar-refractivity contribution is -0.122. The SMILES string of the molecule is CC(=O)NC1(C)CN(C(=O)c2cn3nccc(Oc4ccc5c(C(=O)NC67CC(C6)C7)c(C)oc5c4)c3c2C)C1. The van der Waals surface area contributed by atoms with Crippen molar-refractivity contribution >= 4 is 34.2 Å². The summed E-state index contributed by atoms with van der Waals surface area (Å²) in [5.74, 6) is 2.13. The highest BCUT2D eigenvalue weighted by Crippen LogP contribution is 2.57. The maximum Gasteiger partial charge on any atom is 0.255 e. The minimum absolute atomic E-state index is 0.0103. The summed E-state index contributed by atoms with van der Waals surface area (Å²) in [5.41, 5.74) is 2.69. The number of rotatable bonds is 6. The van der Waals surface area contributed by atoms with Crippen LogP contribution >= 0.6 is 0 Å². The third-order valence-corrected chi connectivity index (χ3v) is 8.67. The summed E-state index contributed by atoms with van der Waals surface area (Å²) in [6.07, 6.45) is 6.56. The van der Waals surface area contributed by atoms with Gasteiger partial charge in [-0.2, -0.15) is 5.10 Å². The van der Waals surface area contributed by atoms with Crippen molar-refractivity contribution in [1.29, 1.82) is 0 Å². The lowest BCUT2D eigenvalue weighted by Gasteiger charge is -2.61. The number of fused-ring (bicyclic) bond motifs is 2. The summed E-state index contributed by atoms with van der Waals surface area (Å²) in [5, 5.41) is 11.3. The molecule has 3 aliphatic carbocycles. The van der Waals surface area contributed by atoms with Gasteiger partial charge in [0.2, 0.25) is 5.91 Å². The summed E-state index contributed by atoms with van der Waals surface area (Å²) in [6.45, 7) is 7.98. The molecule has 2 N–H and O–H groups in total. The number of carbonyl (C=O) groups is 3. The molecule has 0 atom stereocenters. The molecule has 3 amide bonds. The highest BCUT2D eigenvalue weighted by Gasteiger charge is 2.57. The second-order valence-electron chi connectivity index (χ2n) is 12.1. The first-order valence-corrected chi connectivity index (χ1v) is 13.6. The van der Waals surface area contributed by atoms with Gasteiger partial charge in [-0.15, -0.1) is 0 Å². The van der Waals surface area contributed by atoms with E-state index in [0.29, 0.717) is 52.6 Å². The van der Waals surface area contributed by atoms with Crippen molar-refractivity contribution in [3.8, 4) is 11.5 Å². The zero-order chi connectivity index (χ0) is 28.0. The van der Waals surface area contributed by atoms with Crippen LogP contribution in [0.2, 0.25) is 0 Å². The van der Waals surface area contributed by atoms with Gasteiger partial charge in [0, 0.05) is 49.3 Å². The van der Waals surface area contributed by atoms with E-state index in [1.54, 1.807) is 33.9 Å². The Labute approximate surface area is 230 Å². The second kappa shape index (κ2) is 8.33. The number of amides is 3. The number of hydrogen-bond acceptors (Lipinski definition) is 6. The number of aromatic nitrogens is 2. The summed E-state index contributed by atoms with van der Waals surface area (Å²) in [7, 11) is 0. The quantitative estimate of drug-likeness (QED) is 0.379. The zero-order valence-electron chi connectivity index (χ0n) is 23.0. The van der Waals surface area contributed by atoms with Gasteiger partial charge in [0.15, 0.2) is 5.75 Å². The standard InChI is InChI=1S/C30H31N5O5/c1-16-22(28(38)34-14-29(4,15-34)32-18(3)36)13-35-26(16)23(7-8-31-35)40-20-5-6-21-24(9-20)39-17(2)25(21)27(37)33-30-10-19(11-30)12-30/h5-9,13,19H,10-12,14-15H2,1-4H3,(H,32,36)(H,33,37). The molecule has 1 aromatic carbocycles. The van der Waals surface area contributed by atoms with Gasteiger partial charge in [0.25, 0.3) is 11.8 Å². The molecule has 4 aliphatic rings. The van der Waals surface area contributed by atoms with Crippen molar-refractivity contribution < 1.29 is 23.5 Å². The molecular weight excluding hydrogens is 510 g/mol. The fourth-order valence-corrected chi connectivity index (χ4v) is 6.74. The molecule has 4 heterocycles. The molecular formula is C30H31N5O5. The Balaban J connectivity index is 1.13. The summed E-state index contributed by atoms with van der Waals surface area (Å²) < 4.78 is 13.9. The third-order valence-electron chi connectivity index (χ3n) is 8.67. The van der Waals surface area contributed by atoms with Crippen LogP contribution in [0.4, 0.5) is 0 Å². The number of nitrogens with one attached hydrogen (secondary N) is 2. The van der Waals surface area contributed by atoms with Crippen LogP contribution in [-0.4, -0.2) is 56.4 Å². The average molecular weight is 542 g/mol. The van der Waals surface area contributed by atoms with Crippen molar-refractivity contribution in [3.63, 3.8) is 0 Å². The van der Waals surface area contributed by atoms with Gasteiger partial charge < -0.3 is 24.7 Å². The topological polar surface area (TPSA) is 118 Å². The van der Waals surface area contributed by atoms with Gasteiger partial charge in [-0.05, 0) is 63.6 Å². The van der Waals surface area contributed by atoms with Crippen LogP contribution in [0, 0.1) is 19.8 Å². The molecule has 10 heteroatoms. The third kappa shape index (κ3) is 3.76. The number of aryl methyl sites for hydroxylation is 2. The molecule has 0 spiro atoms. The molecule has 2 bridgehead atoms. The van der Waals surface area contributed by atoms with Crippen molar-refractivity contribution in [2.75, 3.05) is 13.1 Å². The fourth-order valence-electron chi connectivity index (χ4n) is 6.74. The van der Waals surface area contributed by atoms with Crippen LogP contribution in [0.15, 0.2) is 41.1 Å². The molecule has 3 saturated carbocycles. The van der Waals surface area contributed by atoms with E-state index in [9.17, 15) is 14.4 Å². The van der Waals surface area contributed by atoms with Gasteiger partial charge >= 0.3 is 0 Å². The Morgan fingerprint density at radius 2 is 1.85 bits per heavy atom. The Hall–Kier alpha value is -4.34. The van der Waals surface area contributed by atoms with Gasteiger partial charge in [0.1, 0.15) is 22.6 Å². The molecule has 8 rings (SSSR count). The molecule has 10 nitrogen and oxygen atoms in total. The molecule has 4 fully saturated rings. The normalized spacial score (nSPS) is 22.3. The van der Waals surface area contributed by atoms with E-state index in [1.165, 1.54) is 6.92 Å². The van der Waals surface area contributed by atoms with Crippen molar-refractivity contribution in [3.05, 3.63) is 59.1 Å². The van der Waals surface area contributed by atoms with Crippen LogP contribution in [0.5, 0.6) is 11.5 Å². The maximum absolute atomic E-state index is 13.3.